The Bertz CT molecular complexity index is 309. The zero-order valence-corrected chi connectivity index (χ0v) is 8.92. The summed E-state index contributed by atoms with van der Waals surface area (Å²) in [6, 6.07) is 0. The first-order valence-electron chi connectivity index (χ1n) is 5.10. The highest BCUT2D eigenvalue weighted by Crippen LogP contribution is 2.02. The van der Waals surface area contributed by atoms with Crippen molar-refractivity contribution in [3.8, 4) is 0 Å². The van der Waals surface area contributed by atoms with Crippen molar-refractivity contribution in [2.24, 2.45) is 0 Å². The fourth-order valence-electron chi connectivity index (χ4n) is 1.23. The van der Waals surface area contributed by atoms with E-state index in [4.69, 9.17) is 5.11 Å². The molecule has 5 nitrogen and oxygen atoms in total. The van der Waals surface area contributed by atoms with Crippen molar-refractivity contribution in [1.82, 2.24) is 15.5 Å². The van der Waals surface area contributed by atoms with E-state index in [9.17, 15) is 4.79 Å². The predicted molar refractivity (Wildman–Crippen MR) is 56.1 cm³/mol. The Morgan fingerprint density at radius 1 is 1.60 bits per heavy atom. The van der Waals surface area contributed by atoms with Crippen LogP contribution in [0.2, 0.25) is 0 Å². The van der Waals surface area contributed by atoms with Crippen molar-refractivity contribution in [2.75, 3.05) is 6.61 Å². The van der Waals surface area contributed by atoms with E-state index in [-0.39, 0.29) is 12.5 Å². The highest BCUT2D eigenvalue weighted by molar-refractivity contribution is 5.75. The van der Waals surface area contributed by atoms with Gasteiger partial charge in [0.1, 0.15) is 0 Å². The van der Waals surface area contributed by atoms with Crippen LogP contribution in [0.3, 0.4) is 0 Å². The standard InChI is InChI=1S/C10H17N3O2/c1-8-9(7-12-13-8)6-11-10(15)4-2-3-5-14/h7,14H,2-6H2,1H3,(H,11,15)(H,12,13). The average molecular weight is 211 g/mol. The van der Waals surface area contributed by atoms with Gasteiger partial charge < -0.3 is 10.4 Å². The topological polar surface area (TPSA) is 78.0 Å². The summed E-state index contributed by atoms with van der Waals surface area (Å²) in [4.78, 5) is 11.3. The normalized spacial score (nSPS) is 10.3. The molecule has 0 aromatic carbocycles. The molecule has 0 saturated carbocycles. The minimum Gasteiger partial charge on any atom is -0.396 e. The second-order valence-electron chi connectivity index (χ2n) is 3.48. The van der Waals surface area contributed by atoms with E-state index in [1.54, 1.807) is 6.20 Å². The fraction of sp³-hybridized carbons (Fsp3) is 0.600. The molecule has 1 heterocycles. The molecule has 0 bridgehead atoms. The molecule has 0 unspecified atom stereocenters. The molecule has 84 valence electrons. The molecule has 5 heteroatoms. The zero-order chi connectivity index (χ0) is 11.1. The summed E-state index contributed by atoms with van der Waals surface area (Å²) in [5, 5.41) is 18.0. The monoisotopic (exact) mass is 211 g/mol. The van der Waals surface area contributed by atoms with Crippen LogP contribution in [-0.2, 0) is 11.3 Å². The van der Waals surface area contributed by atoms with Crippen molar-refractivity contribution < 1.29 is 9.90 Å². The van der Waals surface area contributed by atoms with Gasteiger partial charge in [-0.25, -0.2) is 0 Å². The number of nitrogens with one attached hydrogen (secondary N) is 2. The van der Waals surface area contributed by atoms with Crippen LogP contribution in [0.1, 0.15) is 30.5 Å². The quantitative estimate of drug-likeness (QED) is 0.599. The molecule has 0 aliphatic rings. The lowest BCUT2D eigenvalue weighted by atomic mass is 10.2. The first-order chi connectivity index (χ1) is 7.24. The Balaban J connectivity index is 2.20. The summed E-state index contributed by atoms with van der Waals surface area (Å²) < 4.78 is 0. The van der Waals surface area contributed by atoms with Crippen molar-refractivity contribution in [3.63, 3.8) is 0 Å². The lowest BCUT2D eigenvalue weighted by Crippen LogP contribution is -2.22. The third-order valence-corrected chi connectivity index (χ3v) is 2.22. The number of rotatable bonds is 6. The van der Waals surface area contributed by atoms with Gasteiger partial charge in [0.25, 0.3) is 0 Å². The second kappa shape index (κ2) is 6.19. The third-order valence-electron chi connectivity index (χ3n) is 2.22. The average Bonchev–Trinajstić information content (AvgIpc) is 2.61. The molecular weight excluding hydrogens is 194 g/mol. The van der Waals surface area contributed by atoms with E-state index in [0.29, 0.717) is 19.4 Å². The molecule has 1 aromatic heterocycles. The van der Waals surface area contributed by atoms with Crippen molar-refractivity contribution >= 4 is 5.91 Å². The number of amides is 1. The van der Waals surface area contributed by atoms with Gasteiger partial charge in [0.2, 0.25) is 5.91 Å². The molecule has 0 fully saturated rings. The number of aromatic amines is 1. The van der Waals surface area contributed by atoms with Crippen LogP contribution >= 0.6 is 0 Å². The highest BCUT2D eigenvalue weighted by atomic mass is 16.2. The van der Waals surface area contributed by atoms with E-state index >= 15 is 0 Å². The van der Waals surface area contributed by atoms with Gasteiger partial charge in [-0.1, -0.05) is 0 Å². The molecule has 0 spiro atoms. The summed E-state index contributed by atoms with van der Waals surface area (Å²) in [7, 11) is 0. The Morgan fingerprint density at radius 3 is 3.00 bits per heavy atom. The Labute approximate surface area is 88.9 Å². The lowest BCUT2D eigenvalue weighted by Gasteiger charge is -2.03. The van der Waals surface area contributed by atoms with E-state index in [2.05, 4.69) is 15.5 Å². The maximum atomic E-state index is 11.3. The van der Waals surface area contributed by atoms with E-state index in [1.807, 2.05) is 6.92 Å². The zero-order valence-electron chi connectivity index (χ0n) is 8.92. The van der Waals surface area contributed by atoms with Gasteiger partial charge in [-0.2, -0.15) is 5.10 Å². The van der Waals surface area contributed by atoms with Gasteiger partial charge in [0.15, 0.2) is 0 Å². The second-order valence-corrected chi connectivity index (χ2v) is 3.48. The lowest BCUT2D eigenvalue weighted by molar-refractivity contribution is -0.121. The highest BCUT2D eigenvalue weighted by Gasteiger charge is 2.03. The smallest absolute Gasteiger partial charge is 0.220 e. The number of unbranched alkanes of at least 4 members (excludes halogenated alkanes) is 1. The van der Waals surface area contributed by atoms with E-state index < -0.39 is 0 Å². The Hall–Kier alpha value is -1.36. The van der Waals surface area contributed by atoms with Crippen LogP contribution in [0.15, 0.2) is 6.20 Å². The molecule has 0 aliphatic heterocycles. The SMILES string of the molecule is Cc1[nH]ncc1CNC(=O)CCCCO. The maximum absolute atomic E-state index is 11.3. The molecule has 1 rings (SSSR count). The molecule has 0 saturated heterocycles. The van der Waals surface area contributed by atoms with Crippen LogP contribution in [0, 0.1) is 6.92 Å². The summed E-state index contributed by atoms with van der Waals surface area (Å²) >= 11 is 0. The van der Waals surface area contributed by atoms with Crippen LogP contribution in [-0.4, -0.2) is 27.8 Å². The summed E-state index contributed by atoms with van der Waals surface area (Å²) in [6.07, 6.45) is 3.59. The van der Waals surface area contributed by atoms with Gasteiger partial charge in [-0.15, -0.1) is 0 Å². The maximum Gasteiger partial charge on any atom is 0.220 e. The van der Waals surface area contributed by atoms with E-state index in [0.717, 1.165) is 17.7 Å². The number of nitrogens with zero attached hydrogens (tertiary/aromatic N) is 1. The number of aliphatic hydroxyl groups excluding tert-OH is 1. The minimum atomic E-state index is 0.0176. The van der Waals surface area contributed by atoms with Gasteiger partial charge >= 0.3 is 0 Å². The van der Waals surface area contributed by atoms with Crippen LogP contribution in [0.25, 0.3) is 0 Å². The van der Waals surface area contributed by atoms with Gasteiger partial charge in [-0.05, 0) is 19.8 Å². The number of hydrogen-bond acceptors (Lipinski definition) is 3. The number of aromatic nitrogens is 2. The van der Waals surface area contributed by atoms with Crippen LogP contribution < -0.4 is 5.32 Å². The molecular formula is C10H17N3O2. The first kappa shape index (κ1) is 11.7. The third kappa shape index (κ3) is 4.12. The number of aryl methyl sites for hydroxylation is 1. The number of H-pyrrole nitrogens is 1. The largest absolute Gasteiger partial charge is 0.396 e. The summed E-state index contributed by atoms with van der Waals surface area (Å²) in [5.74, 6) is 0.0176. The first-order valence-corrected chi connectivity index (χ1v) is 5.10. The molecule has 3 N–H and O–H groups in total. The number of carbonyl (C=O) groups is 1. The van der Waals surface area contributed by atoms with E-state index in [1.165, 1.54) is 0 Å². The van der Waals surface area contributed by atoms with Crippen LogP contribution in [0.5, 0.6) is 0 Å². The number of carbonyl (C=O) groups excluding carboxylic acids is 1. The Kier molecular flexibility index (Phi) is 4.83. The van der Waals surface area contributed by atoms with Gasteiger partial charge in [-0.3, -0.25) is 9.89 Å². The van der Waals surface area contributed by atoms with Crippen molar-refractivity contribution in [1.29, 1.82) is 0 Å². The predicted octanol–water partition coefficient (Wildman–Crippen LogP) is 0.497. The fourth-order valence-corrected chi connectivity index (χ4v) is 1.23. The summed E-state index contributed by atoms with van der Waals surface area (Å²) in [5.41, 5.74) is 1.98. The number of hydrogen-bond donors (Lipinski definition) is 3. The molecule has 0 atom stereocenters. The molecule has 0 radical (unpaired) electrons. The molecule has 1 amide bonds. The number of aliphatic hydroxyl groups is 1. The Morgan fingerprint density at radius 2 is 2.40 bits per heavy atom. The van der Waals surface area contributed by atoms with Gasteiger partial charge in [0.05, 0.1) is 6.20 Å². The molecule has 0 aliphatic carbocycles. The van der Waals surface area contributed by atoms with Crippen molar-refractivity contribution in [2.45, 2.75) is 32.7 Å². The minimum absolute atomic E-state index is 0.0176. The van der Waals surface area contributed by atoms with Crippen LogP contribution in [0.4, 0.5) is 0 Å². The van der Waals surface area contributed by atoms with Gasteiger partial charge in [0, 0.05) is 30.8 Å². The molecule has 1 aromatic rings. The summed E-state index contributed by atoms with van der Waals surface area (Å²) in [6.45, 7) is 2.58. The van der Waals surface area contributed by atoms with Crippen molar-refractivity contribution in [3.05, 3.63) is 17.5 Å². The molecule has 15 heavy (non-hydrogen) atoms.